The van der Waals surface area contributed by atoms with E-state index in [4.69, 9.17) is 0 Å². The Balaban J connectivity index is 2.61. The minimum absolute atomic E-state index is 0.0992. The third kappa shape index (κ3) is 4.06. The molecule has 0 fully saturated rings. The molecule has 0 aliphatic heterocycles. The molecule has 0 heterocycles. The van der Waals surface area contributed by atoms with Crippen molar-refractivity contribution in [3.8, 4) is 0 Å². The van der Waals surface area contributed by atoms with E-state index in [0.29, 0.717) is 5.56 Å². The number of amides is 2. The van der Waals surface area contributed by atoms with Gasteiger partial charge in [-0.3, -0.25) is 20.4 Å². The molecule has 6 heteroatoms. The van der Waals surface area contributed by atoms with Crippen molar-refractivity contribution >= 4 is 17.5 Å². The van der Waals surface area contributed by atoms with E-state index in [1.54, 1.807) is 18.2 Å². The zero-order valence-corrected chi connectivity index (χ0v) is 10.7. The lowest BCUT2D eigenvalue weighted by Gasteiger charge is -2.13. The van der Waals surface area contributed by atoms with Crippen molar-refractivity contribution in [1.82, 2.24) is 10.9 Å². The highest BCUT2D eigenvalue weighted by Crippen LogP contribution is 2.12. The van der Waals surface area contributed by atoms with Crippen LogP contribution in [0.25, 0.3) is 0 Å². The standard InChI is InChI=1S/C12H17N3O3/c1-15(2)10-6-4-5-9(7-10)12(17)14-13-11(16)8-18-3/h4-7H,8H2,1-3H3,(H,13,16)(H,14,17). The Bertz CT molecular complexity index is 432. The molecule has 1 aromatic carbocycles. The summed E-state index contributed by atoms with van der Waals surface area (Å²) in [5, 5.41) is 0. The van der Waals surface area contributed by atoms with Crippen molar-refractivity contribution in [3.05, 3.63) is 29.8 Å². The van der Waals surface area contributed by atoms with Crippen LogP contribution in [0.1, 0.15) is 10.4 Å². The first-order valence-corrected chi connectivity index (χ1v) is 5.40. The first-order valence-electron chi connectivity index (χ1n) is 5.40. The van der Waals surface area contributed by atoms with E-state index in [0.717, 1.165) is 5.69 Å². The molecule has 0 radical (unpaired) electrons. The van der Waals surface area contributed by atoms with Gasteiger partial charge in [0.25, 0.3) is 11.8 Å². The summed E-state index contributed by atoms with van der Waals surface area (Å²) >= 11 is 0. The monoisotopic (exact) mass is 251 g/mol. The predicted molar refractivity (Wildman–Crippen MR) is 68.3 cm³/mol. The number of hydrazine groups is 1. The van der Waals surface area contributed by atoms with Crippen molar-refractivity contribution in [2.45, 2.75) is 0 Å². The number of carbonyl (C=O) groups excluding carboxylic acids is 2. The molecule has 0 aliphatic carbocycles. The zero-order chi connectivity index (χ0) is 13.5. The van der Waals surface area contributed by atoms with Gasteiger partial charge in [-0.2, -0.15) is 0 Å². The van der Waals surface area contributed by atoms with Crippen LogP contribution in [0, 0.1) is 0 Å². The maximum Gasteiger partial charge on any atom is 0.269 e. The molecule has 18 heavy (non-hydrogen) atoms. The summed E-state index contributed by atoms with van der Waals surface area (Å²) in [6.07, 6.45) is 0. The lowest BCUT2D eigenvalue weighted by molar-refractivity contribution is -0.125. The average Bonchev–Trinajstić information content (AvgIpc) is 2.36. The highest BCUT2D eigenvalue weighted by Gasteiger charge is 2.08. The molecule has 2 N–H and O–H groups in total. The summed E-state index contributed by atoms with van der Waals surface area (Å²) < 4.78 is 4.62. The molecular weight excluding hydrogens is 234 g/mol. The SMILES string of the molecule is COCC(=O)NNC(=O)c1cccc(N(C)C)c1. The van der Waals surface area contributed by atoms with E-state index < -0.39 is 5.91 Å². The Hall–Kier alpha value is -2.08. The number of ether oxygens (including phenoxy) is 1. The molecule has 0 bridgehead atoms. The predicted octanol–water partition coefficient (Wildman–Crippen LogP) is 0.160. The van der Waals surface area contributed by atoms with Crippen LogP contribution >= 0.6 is 0 Å². The highest BCUT2D eigenvalue weighted by molar-refractivity contribution is 5.96. The summed E-state index contributed by atoms with van der Waals surface area (Å²) in [7, 11) is 5.18. The number of hydrogen-bond donors (Lipinski definition) is 2. The first kappa shape index (κ1) is 14.0. The minimum Gasteiger partial charge on any atom is -0.378 e. The van der Waals surface area contributed by atoms with Gasteiger partial charge in [0.15, 0.2) is 0 Å². The van der Waals surface area contributed by atoms with Gasteiger partial charge in [-0.15, -0.1) is 0 Å². The van der Waals surface area contributed by atoms with Gasteiger partial charge in [-0.1, -0.05) is 6.07 Å². The Morgan fingerprint density at radius 3 is 2.61 bits per heavy atom. The van der Waals surface area contributed by atoms with Crippen LogP contribution in [0.4, 0.5) is 5.69 Å². The molecule has 0 unspecified atom stereocenters. The maximum atomic E-state index is 11.7. The van der Waals surface area contributed by atoms with Gasteiger partial charge < -0.3 is 9.64 Å². The number of hydrogen-bond acceptors (Lipinski definition) is 4. The van der Waals surface area contributed by atoms with E-state index in [1.165, 1.54) is 7.11 Å². The Kier molecular flexibility index (Phi) is 5.13. The van der Waals surface area contributed by atoms with Gasteiger partial charge in [0.1, 0.15) is 6.61 Å². The number of nitrogens with one attached hydrogen (secondary N) is 2. The van der Waals surface area contributed by atoms with Crippen LogP contribution in [-0.4, -0.2) is 39.6 Å². The molecule has 6 nitrogen and oxygen atoms in total. The fraction of sp³-hybridized carbons (Fsp3) is 0.333. The normalized spacial score (nSPS) is 9.72. The van der Waals surface area contributed by atoms with Gasteiger partial charge in [0.2, 0.25) is 0 Å². The van der Waals surface area contributed by atoms with Crippen LogP contribution in [0.5, 0.6) is 0 Å². The van der Waals surface area contributed by atoms with Crippen LogP contribution in [0.15, 0.2) is 24.3 Å². The molecule has 0 atom stereocenters. The van der Waals surface area contributed by atoms with Crippen molar-refractivity contribution in [1.29, 1.82) is 0 Å². The quantitative estimate of drug-likeness (QED) is 0.748. The van der Waals surface area contributed by atoms with E-state index >= 15 is 0 Å². The summed E-state index contributed by atoms with van der Waals surface area (Å²) in [6, 6.07) is 7.07. The number of carbonyl (C=O) groups is 2. The van der Waals surface area contributed by atoms with Crippen LogP contribution in [0.2, 0.25) is 0 Å². The number of rotatable bonds is 4. The van der Waals surface area contributed by atoms with Gasteiger partial charge >= 0.3 is 0 Å². The molecule has 0 saturated carbocycles. The smallest absolute Gasteiger partial charge is 0.269 e. The Morgan fingerprint density at radius 1 is 1.28 bits per heavy atom. The van der Waals surface area contributed by atoms with Crippen LogP contribution in [0.3, 0.4) is 0 Å². The summed E-state index contributed by atoms with van der Waals surface area (Å²) in [5.74, 6) is -0.780. The van der Waals surface area contributed by atoms with E-state index in [9.17, 15) is 9.59 Å². The molecule has 98 valence electrons. The number of benzene rings is 1. The highest BCUT2D eigenvalue weighted by atomic mass is 16.5. The lowest BCUT2D eigenvalue weighted by Crippen LogP contribution is -2.43. The van der Waals surface area contributed by atoms with E-state index in [2.05, 4.69) is 15.6 Å². The summed E-state index contributed by atoms with van der Waals surface area (Å²) in [4.78, 5) is 24.7. The third-order valence-corrected chi connectivity index (χ3v) is 2.22. The third-order valence-electron chi connectivity index (χ3n) is 2.22. The minimum atomic E-state index is -0.408. The molecule has 0 saturated heterocycles. The Labute approximate surface area is 106 Å². The van der Waals surface area contributed by atoms with Gasteiger partial charge in [-0.25, -0.2) is 0 Å². The molecule has 0 aliphatic rings. The number of methoxy groups -OCH3 is 1. The molecule has 0 spiro atoms. The van der Waals surface area contributed by atoms with Crippen molar-refractivity contribution in [3.63, 3.8) is 0 Å². The molecule has 2 amide bonds. The molecule has 1 rings (SSSR count). The number of anilines is 1. The van der Waals surface area contributed by atoms with Gasteiger partial charge in [-0.05, 0) is 18.2 Å². The number of nitrogens with zero attached hydrogens (tertiary/aromatic N) is 1. The topological polar surface area (TPSA) is 70.7 Å². The van der Waals surface area contributed by atoms with E-state index in [1.807, 2.05) is 25.1 Å². The summed E-state index contributed by atoms with van der Waals surface area (Å²) in [5.41, 5.74) is 5.95. The fourth-order valence-electron chi connectivity index (χ4n) is 1.29. The molecular formula is C12H17N3O3. The van der Waals surface area contributed by atoms with Crippen LogP contribution in [-0.2, 0) is 9.53 Å². The van der Waals surface area contributed by atoms with Crippen LogP contribution < -0.4 is 15.8 Å². The van der Waals surface area contributed by atoms with Gasteiger partial charge in [0.05, 0.1) is 0 Å². The maximum absolute atomic E-state index is 11.7. The van der Waals surface area contributed by atoms with Crippen molar-refractivity contribution in [2.24, 2.45) is 0 Å². The molecule has 0 aromatic heterocycles. The van der Waals surface area contributed by atoms with Crippen molar-refractivity contribution in [2.75, 3.05) is 32.7 Å². The molecule has 1 aromatic rings. The fourth-order valence-corrected chi connectivity index (χ4v) is 1.29. The second-order valence-electron chi connectivity index (χ2n) is 3.88. The summed E-state index contributed by atoms with van der Waals surface area (Å²) in [6.45, 7) is -0.0992. The zero-order valence-electron chi connectivity index (χ0n) is 10.7. The van der Waals surface area contributed by atoms with Crippen molar-refractivity contribution < 1.29 is 14.3 Å². The lowest BCUT2D eigenvalue weighted by atomic mass is 10.2. The second kappa shape index (κ2) is 6.61. The second-order valence-corrected chi connectivity index (χ2v) is 3.88. The van der Waals surface area contributed by atoms with E-state index in [-0.39, 0.29) is 12.5 Å². The Morgan fingerprint density at radius 2 is 2.00 bits per heavy atom. The first-order chi connectivity index (χ1) is 8.54. The van der Waals surface area contributed by atoms with Gasteiger partial charge in [0, 0.05) is 32.5 Å². The average molecular weight is 251 g/mol. The largest absolute Gasteiger partial charge is 0.378 e.